The molecule has 0 atom stereocenters. The molecule has 0 aliphatic heterocycles. The Morgan fingerprint density at radius 2 is 1.83 bits per heavy atom. The van der Waals surface area contributed by atoms with Gasteiger partial charge in [0.25, 0.3) is 0 Å². The number of hydrogen-bond acceptors (Lipinski definition) is 2. The van der Waals surface area contributed by atoms with Crippen LogP contribution in [0.1, 0.15) is 11.3 Å². The van der Waals surface area contributed by atoms with Crippen molar-refractivity contribution >= 4 is 11.7 Å². The standard InChI is InChI=1S/C15H8F6N2O/c16-8-3-1-2-7(4-8)13-9(10(17)6-12(22)24)5-11(18)14(23-13)15(19,20)21/h1-6H,(H2,22,24). The van der Waals surface area contributed by atoms with Crippen molar-refractivity contribution in [3.8, 4) is 11.3 Å². The van der Waals surface area contributed by atoms with Crippen LogP contribution < -0.4 is 5.73 Å². The molecule has 0 saturated carbocycles. The Morgan fingerprint density at radius 3 is 2.38 bits per heavy atom. The van der Waals surface area contributed by atoms with Gasteiger partial charge in [-0.15, -0.1) is 0 Å². The van der Waals surface area contributed by atoms with Crippen molar-refractivity contribution in [2.45, 2.75) is 6.18 Å². The van der Waals surface area contributed by atoms with Gasteiger partial charge in [-0.3, -0.25) is 4.79 Å². The topological polar surface area (TPSA) is 56.0 Å². The highest BCUT2D eigenvalue weighted by Gasteiger charge is 2.37. The monoisotopic (exact) mass is 346 g/mol. The van der Waals surface area contributed by atoms with Gasteiger partial charge in [0.15, 0.2) is 11.5 Å². The Balaban J connectivity index is 2.79. The molecule has 1 aromatic carbocycles. The molecule has 1 heterocycles. The van der Waals surface area contributed by atoms with Crippen LogP contribution in [0.5, 0.6) is 0 Å². The smallest absolute Gasteiger partial charge is 0.366 e. The highest BCUT2D eigenvalue weighted by atomic mass is 19.4. The maximum Gasteiger partial charge on any atom is 0.436 e. The second-order valence-corrected chi connectivity index (χ2v) is 4.62. The predicted molar refractivity (Wildman–Crippen MR) is 72.9 cm³/mol. The Labute approximate surface area is 131 Å². The summed E-state index contributed by atoms with van der Waals surface area (Å²) in [6, 6.07) is 4.34. The van der Waals surface area contributed by atoms with Crippen LogP contribution in [0.15, 0.2) is 36.4 Å². The van der Waals surface area contributed by atoms with Gasteiger partial charge in [0.1, 0.15) is 11.6 Å². The first-order valence-electron chi connectivity index (χ1n) is 6.30. The third-order valence-corrected chi connectivity index (χ3v) is 2.87. The number of halogens is 6. The van der Waals surface area contributed by atoms with Crippen LogP contribution in [0, 0.1) is 11.6 Å². The maximum atomic E-state index is 14.0. The van der Waals surface area contributed by atoms with Crippen molar-refractivity contribution < 1.29 is 31.1 Å². The number of rotatable bonds is 3. The Bertz CT molecular complexity index is 829. The maximum absolute atomic E-state index is 14.0. The van der Waals surface area contributed by atoms with E-state index in [1.165, 1.54) is 0 Å². The average molecular weight is 346 g/mol. The number of benzene rings is 1. The van der Waals surface area contributed by atoms with E-state index in [9.17, 15) is 31.1 Å². The number of pyridine rings is 1. The number of alkyl halides is 3. The second-order valence-electron chi connectivity index (χ2n) is 4.62. The lowest BCUT2D eigenvalue weighted by atomic mass is 10.0. The van der Waals surface area contributed by atoms with E-state index in [0.29, 0.717) is 0 Å². The third-order valence-electron chi connectivity index (χ3n) is 2.87. The number of carbonyl (C=O) groups is 1. The Kier molecular flexibility index (Phi) is 4.63. The molecular weight excluding hydrogens is 338 g/mol. The second kappa shape index (κ2) is 6.34. The molecule has 9 heteroatoms. The van der Waals surface area contributed by atoms with Crippen molar-refractivity contribution in [3.63, 3.8) is 0 Å². The van der Waals surface area contributed by atoms with Gasteiger partial charge in [0, 0.05) is 17.2 Å². The number of aromatic nitrogens is 1. The van der Waals surface area contributed by atoms with Gasteiger partial charge in [-0.05, 0) is 18.2 Å². The van der Waals surface area contributed by atoms with Crippen LogP contribution in [0.4, 0.5) is 26.3 Å². The molecule has 2 aromatic rings. The first-order valence-corrected chi connectivity index (χ1v) is 6.30. The van der Waals surface area contributed by atoms with Crippen LogP contribution in [0.2, 0.25) is 0 Å². The summed E-state index contributed by atoms with van der Waals surface area (Å²) >= 11 is 0. The van der Waals surface area contributed by atoms with E-state index in [2.05, 4.69) is 4.98 Å². The van der Waals surface area contributed by atoms with E-state index in [0.717, 1.165) is 24.3 Å². The molecule has 2 rings (SSSR count). The van der Waals surface area contributed by atoms with E-state index in [1.54, 1.807) is 0 Å². The Hall–Kier alpha value is -2.84. The minimum absolute atomic E-state index is 0.227. The fourth-order valence-corrected chi connectivity index (χ4v) is 1.93. The fraction of sp³-hybridized carbons (Fsp3) is 0.0667. The molecule has 24 heavy (non-hydrogen) atoms. The summed E-state index contributed by atoms with van der Waals surface area (Å²) in [5.41, 5.74) is 1.21. The van der Waals surface area contributed by atoms with E-state index in [-0.39, 0.29) is 17.7 Å². The molecule has 0 bridgehead atoms. The summed E-state index contributed by atoms with van der Waals surface area (Å²) in [4.78, 5) is 13.8. The molecule has 2 N–H and O–H groups in total. The van der Waals surface area contributed by atoms with Crippen molar-refractivity contribution in [2.24, 2.45) is 5.73 Å². The highest BCUT2D eigenvalue weighted by molar-refractivity contribution is 5.94. The van der Waals surface area contributed by atoms with Gasteiger partial charge < -0.3 is 5.73 Å². The van der Waals surface area contributed by atoms with Crippen molar-refractivity contribution in [1.29, 1.82) is 0 Å². The van der Waals surface area contributed by atoms with Crippen LogP contribution in [-0.4, -0.2) is 10.9 Å². The molecule has 0 aliphatic rings. The minimum Gasteiger partial charge on any atom is -0.366 e. The number of nitrogens with two attached hydrogens (primary N) is 1. The normalized spacial score (nSPS) is 12.3. The number of primary amides is 1. The number of hydrogen-bond donors (Lipinski definition) is 1. The van der Waals surface area contributed by atoms with Crippen LogP contribution in [0.3, 0.4) is 0 Å². The van der Waals surface area contributed by atoms with Crippen molar-refractivity contribution in [3.05, 3.63) is 59.3 Å². The summed E-state index contributed by atoms with van der Waals surface area (Å²) in [7, 11) is 0. The molecule has 1 amide bonds. The fourth-order valence-electron chi connectivity index (χ4n) is 1.93. The third kappa shape index (κ3) is 3.73. The Morgan fingerprint density at radius 1 is 1.17 bits per heavy atom. The largest absolute Gasteiger partial charge is 0.436 e. The molecular formula is C15H8F6N2O. The van der Waals surface area contributed by atoms with Gasteiger partial charge >= 0.3 is 6.18 Å². The molecule has 0 fully saturated rings. The molecule has 3 nitrogen and oxygen atoms in total. The summed E-state index contributed by atoms with van der Waals surface area (Å²) in [6.45, 7) is 0. The lowest BCUT2D eigenvalue weighted by Gasteiger charge is -2.13. The average Bonchev–Trinajstić information content (AvgIpc) is 2.44. The molecule has 0 aliphatic carbocycles. The van der Waals surface area contributed by atoms with Crippen LogP contribution in [0.25, 0.3) is 17.1 Å². The summed E-state index contributed by atoms with van der Waals surface area (Å²) in [5, 5.41) is 0. The first-order chi connectivity index (χ1) is 11.1. The van der Waals surface area contributed by atoms with Gasteiger partial charge in [0.2, 0.25) is 5.91 Å². The molecule has 0 unspecified atom stereocenters. The minimum atomic E-state index is -5.14. The van der Waals surface area contributed by atoms with E-state index in [4.69, 9.17) is 5.73 Å². The van der Waals surface area contributed by atoms with Crippen LogP contribution >= 0.6 is 0 Å². The molecule has 0 spiro atoms. The van der Waals surface area contributed by atoms with Gasteiger partial charge in [-0.25, -0.2) is 18.2 Å². The zero-order valence-electron chi connectivity index (χ0n) is 11.7. The SMILES string of the molecule is NC(=O)C=C(F)c1cc(F)c(C(F)(F)F)nc1-c1cccc(F)c1. The lowest BCUT2D eigenvalue weighted by molar-refractivity contribution is -0.143. The summed E-state index contributed by atoms with van der Waals surface area (Å²) < 4.78 is 79.4. The van der Waals surface area contributed by atoms with Crippen molar-refractivity contribution in [1.82, 2.24) is 4.98 Å². The predicted octanol–water partition coefficient (Wildman–Crippen LogP) is 3.84. The number of amides is 1. The lowest BCUT2D eigenvalue weighted by Crippen LogP contribution is -2.13. The van der Waals surface area contributed by atoms with Gasteiger partial charge in [-0.2, -0.15) is 13.2 Å². The molecule has 1 aromatic heterocycles. The van der Waals surface area contributed by atoms with Crippen LogP contribution in [-0.2, 0) is 11.0 Å². The summed E-state index contributed by atoms with van der Waals surface area (Å²) in [5.74, 6) is -5.30. The summed E-state index contributed by atoms with van der Waals surface area (Å²) in [6.07, 6.45) is -4.89. The highest BCUT2D eigenvalue weighted by Crippen LogP contribution is 2.36. The zero-order valence-corrected chi connectivity index (χ0v) is 11.7. The van der Waals surface area contributed by atoms with Crippen molar-refractivity contribution in [2.75, 3.05) is 0 Å². The molecule has 0 radical (unpaired) electrons. The molecule has 0 saturated heterocycles. The molecule has 126 valence electrons. The zero-order chi connectivity index (χ0) is 18.1. The van der Waals surface area contributed by atoms with Gasteiger partial charge in [0.05, 0.1) is 5.69 Å². The van der Waals surface area contributed by atoms with E-state index in [1.807, 2.05) is 0 Å². The van der Waals surface area contributed by atoms with Gasteiger partial charge in [-0.1, -0.05) is 12.1 Å². The number of carbonyl (C=O) groups excluding carboxylic acids is 1. The van der Waals surface area contributed by atoms with E-state index >= 15 is 0 Å². The van der Waals surface area contributed by atoms with E-state index < -0.39 is 46.5 Å². The number of nitrogens with zero attached hydrogens (tertiary/aromatic N) is 1. The first kappa shape index (κ1) is 17.5. The quantitative estimate of drug-likeness (QED) is 0.678.